The van der Waals surface area contributed by atoms with Crippen molar-refractivity contribution in [2.45, 2.75) is 19.4 Å². The Morgan fingerprint density at radius 2 is 2.26 bits per heavy atom. The lowest BCUT2D eigenvalue weighted by molar-refractivity contribution is -0.117. The van der Waals surface area contributed by atoms with Gasteiger partial charge in [0.15, 0.2) is 0 Å². The molecular weight excluding hydrogens is 297 g/mol. The molecule has 1 fully saturated rings. The van der Waals surface area contributed by atoms with E-state index >= 15 is 0 Å². The molecule has 1 unspecified atom stereocenters. The third-order valence-corrected chi connectivity index (χ3v) is 3.91. The van der Waals surface area contributed by atoms with Crippen LogP contribution in [-0.4, -0.2) is 28.3 Å². The van der Waals surface area contributed by atoms with Gasteiger partial charge in [-0.2, -0.15) is 10.4 Å². The molecule has 0 spiro atoms. The summed E-state index contributed by atoms with van der Waals surface area (Å²) < 4.78 is 15.3. The standard InChI is InChI=1S/C16H16FN5O/c1-10-8-15(21(2)20-10)22-7-6-14(16(22)23)19-13-5-3-4-12(17)11(13)9-18/h3-5,8,14,19H,6-7H2,1-2H3. The number of hydrogen-bond donors (Lipinski definition) is 1. The second kappa shape index (κ2) is 5.72. The van der Waals surface area contributed by atoms with Gasteiger partial charge in [0.1, 0.15) is 29.3 Å². The maximum atomic E-state index is 13.6. The summed E-state index contributed by atoms with van der Waals surface area (Å²) >= 11 is 0. The summed E-state index contributed by atoms with van der Waals surface area (Å²) in [7, 11) is 1.79. The Morgan fingerprint density at radius 1 is 1.48 bits per heavy atom. The number of rotatable bonds is 3. The van der Waals surface area contributed by atoms with Crippen molar-refractivity contribution in [2.24, 2.45) is 7.05 Å². The van der Waals surface area contributed by atoms with E-state index < -0.39 is 11.9 Å². The van der Waals surface area contributed by atoms with Crippen LogP contribution in [-0.2, 0) is 11.8 Å². The number of anilines is 2. The number of nitrogens with one attached hydrogen (secondary N) is 1. The Morgan fingerprint density at radius 3 is 2.91 bits per heavy atom. The molecule has 1 amide bonds. The molecule has 1 aromatic carbocycles. The van der Waals surface area contributed by atoms with Gasteiger partial charge in [-0.25, -0.2) is 4.39 Å². The molecule has 0 radical (unpaired) electrons. The normalized spacial score (nSPS) is 17.4. The number of nitriles is 1. The summed E-state index contributed by atoms with van der Waals surface area (Å²) in [5.74, 6) is 0.0276. The van der Waals surface area contributed by atoms with Crippen molar-refractivity contribution in [2.75, 3.05) is 16.8 Å². The number of aromatic nitrogens is 2. The van der Waals surface area contributed by atoms with Crippen LogP contribution < -0.4 is 10.2 Å². The summed E-state index contributed by atoms with van der Waals surface area (Å²) in [5.41, 5.74) is 1.10. The minimum Gasteiger partial charge on any atom is -0.372 e. The molecule has 1 aromatic heterocycles. The summed E-state index contributed by atoms with van der Waals surface area (Å²) in [5, 5.41) is 16.3. The van der Waals surface area contributed by atoms with E-state index in [0.717, 1.165) is 11.5 Å². The van der Waals surface area contributed by atoms with Gasteiger partial charge in [0, 0.05) is 19.7 Å². The van der Waals surface area contributed by atoms with E-state index in [0.29, 0.717) is 18.7 Å². The first-order chi connectivity index (χ1) is 11.0. The second-order valence-electron chi connectivity index (χ2n) is 5.52. The maximum absolute atomic E-state index is 13.6. The van der Waals surface area contributed by atoms with Crippen molar-refractivity contribution in [3.05, 3.63) is 41.3 Å². The van der Waals surface area contributed by atoms with Crippen LogP contribution in [0.5, 0.6) is 0 Å². The van der Waals surface area contributed by atoms with Crippen LogP contribution in [0.2, 0.25) is 0 Å². The fourth-order valence-electron chi connectivity index (χ4n) is 2.84. The Labute approximate surface area is 133 Å². The number of benzene rings is 1. The van der Waals surface area contributed by atoms with Gasteiger partial charge in [0.2, 0.25) is 0 Å². The van der Waals surface area contributed by atoms with Crippen molar-refractivity contribution in [3.8, 4) is 6.07 Å². The van der Waals surface area contributed by atoms with E-state index in [-0.39, 0.29) is 11.5 Å². The number of hydrogen-bond acceptors (Lipinski definition) is 4. The Hall–Kier alpha value is -2.88. The van der Waals surface area contributed by atoms with Gasteiger partial charge in [0.05, 0.1) is 11.4 Å². The minimum absolute atomic E-state index is 0.0740. The largest absolute Gasteiger partial charge is 0.372 e. The molecule has 2 heterocycles. The lowest BCUT2D eigenvalue weighted by Gasteiger charge is -2.18. The maximum Gasteiger partial charge on any atom is 0.250 e. The Balaban J connectivity index is 1.82. The number of nitrogens with zero attached hydrogens (tertiary/aromatic N) is 4. The van der Waals surface area contributed by atoms with Crippen LogP contribution in [0.3, 0.4) is 0 Å². The SMILES string of the molecule is Cc1cc(N2CCC(Nc3cccc(F)c3C#N)C2=O)n(C)n1. The van der Waals surface area contributed by atoms with Crippen LogP contribution >= 0.6 is 0 Å². The van der Waals surface area contributed by atoms with Crippen molar-refractivity contribution in [1.82, 2.24) is 9.78 Å². The van der Waals surface area contributed by atoms with Gasteiger partial charge in [-0.15, -0.1) is 0 Å². The predicted octanol–water partition coefficient (Wildman–Crippen LogP) is 1.96. The summed E-state index contributed by atoms with van der Waals surface area (Å²) in [4.78, 5) is 14.3. The summed E-state index contributed by atoms with van der Waals surface area (Å²) in [6.07, 6.45) is 0.574. The minimum atomic E-state index is -0.595. The third kappa shape index (κ3) is 2.63. The Kier molecular flexibility index (Phi) is 3.74. The summed E-state index contributed by atoms with van der Waals surface area (Å²) in [6, 6.07) is 7.54. The zero-order valence-corrected chi connectivity index (χ0v) is 12.9. The zero-order chi connectivity index (χ0) is 16.6. The van der Waals surface area contributed by atoms with Crippen LogP contribution in [0.25, 0.3) is 0 Å². The molecule has 1 N–H and O–H groups in total. The van der Waals surface area contributed by atoms with Crippen molar-refractivity contribution >= 4 is 17.4 Å². The first-order valence-corrected chi connectivity index (χ1v) is 7.28. The molecular formula is C16H16FN5O. The van der Waals surface area contributed by atoms with E-state index in [2.05, 4.69) is 10.4 Å². The number of halogens is 1. The molecule has 1 aliphatic heterocycles. The predicted molar refractivity (Wildman–Crippen MR) is 83.4 cm³/mol. The number of aryl methyl sites for hydroxylation is 2. The van der Waals surface area contributed by atoms with E-state index in [4.69, 9.17) is 5.26 Å². The molecule has 3 rings (SSSR count). The lowest BCUT2D eigenvalue weighted by atomic mass is 10.1. The zero-order valence-electron chi connectivity index (χ0n) is 12.9. The molecule has 1 saturated heterocycles. The monoisotopic (exact) mass is 313 g/mol. The molecule has 7 heteroatoms. The van der Waals surface area contributed by atoms with Crippen LogP contribution in [0.1, 0.15) is 17.7 Å². The molecule has 0 aliphatic carbocycles. The first kappa shape index (κ1) is 15.0. The molecule has 0 saturated carbocycles. The highest BCUT2D eigenvalue weighted by atomic mass is 19.1. The highest BCUT2D eigenvalue weighted by Crippen LogP contribution is 2.26. The van der Waals surface area contributed by atoms with Gasteiger partial charge in [-0.1, -0.05) is 6.07 Å². The fourth-order valence-corrected chi connectivity index (χ4v) is 2.84. The number of amides is 1. The average Bonchev–Trinajstić information content (AvgIpc) is 3.02. The van der Waals surface area contributed by atoms with Crippen molar-refractivity contribution < 1.29 is 9.18 Å². The quantitative estimate of drug-likeness (QED) is 0.940. The molecule has 6 nitrogen and oxygen atoms in total. The highest BCUT2D eigenvalue weighted by molar-refractivity contribution is 6.00. The molecule has 1 atom stereocenters. The molecule has 23 heavy (non-hydrogen) atoms. The van der Waals surface area contributed by atoms with E-state index in [1.807, 2.05) is 19.1 Å². The van der Waals surface area contributed by atoms with Crippen LogP contribution in [0, 0.1) is 24.1 Å². The van der Waals surface area contributed by atoms with Crippen LogP contribution in [0.15, 0.2) is 24.3 Å². The molecule has 2 aromatic rings. The van der Waals surface area contributed by atoms with Crippen molar-refractivity contribution in [1.29, 1.82) is 5.26 Å². The fraction of sp³-hybridized carbons (Fsp3) is 0.312. The molecule has 0 bridgehead atoms. The first-order valence-electron chi connectivity index (χ1n) is 7.28. The van der Waals surface area contributed by atoms with Gasteiger partial charge in [0.25, 0.3) is 5.91 Å². The van der Waals surface area contributed by atoms with Gasteiger partial charge < -0.3 is 5.32 Å². The molecule has 118 valence electrons. The third-order valence-electron chi connectivity index (χ3n) is 3.91. The second-order valence-corrected chi connectivity index (χ2v) is 5.52. The van der Waals surface area contributed by atoms with E-state index in [1.165, 1.54) is 12.1 Å². The number of carbonyl (C=O) groups is 1. The Bertz CT molecular complexity index is 807. The molecule has 1 aliphatic rings. The van der Waals surface area contributed by atoms with Crippen molar-refractivity contribution in [3.63, 3.8) is 0 Å². The highest BCUT2D eigenvalue weighted by Gasteiger charge is 2.34. The van der Waals surface area contributed by atoms with Gasteiger partial charge in [-0.05, 0) is 25.5 Å². The lowest BCUT2D eigenvalue weighted by Crippen LogP contribution is -2.34. The summed E-state index contributed by atoms with van der Waals surface area (Å²) in [6.45, 7) is 2.42. The van der Waals surface area contributed by atoms with Gasteiger partial charge >= 0.3 is 0 Å². The number of carbonyl (C=O) groups excluding carboxylic acids is 1. The van der Waals surface area contributed by atoms with E-state index in [9.17, 15) is 9.18 Å². The van der Waals surface area contributed by atoms with E-state index in [1.54, 1.807) is 22.7 Å². The van der Waals surface area contributed by atoms with Crippen LogP contribution in [0.4, 0.5) is 15.9 Å². The smallest absolute Gasteiger partial charge is 0.250 e. The average molecular weight is 313 g/mol. The topological polar surface area (TPSA) is 74.0 Å². The van der Waals surface area contributed by atoms with Gasteiger partial charge in [-0.3, -0.25) is 14.4 Å².